The summed E-state index contributed by atoms with van der Waals surface area (Å²) in [5.74, 6) is 0.549. The van der Waals surface area contributed by atoms with Crippen molar-refractivity contribution in [1.29, 1.82) is 0 Å². The molecule has 1 aromatic heterocycles. The average molecular weight is 222 g/mol. The Labute approximate surface area is 97.3 Å². The fourth-order valence-corrected chi connectivity index (χ4v) is 1.94. The van der Waals surface area contributed by atoms with Crippen LogP contribution in [0.25, 0.3) is 0 Å². The highest BCUT2D eigenvalue weighted by atomic mass is 16.1. The van der Waals surface area contributed by atoms with Gasteiger partial charge in [0.25, 0.3) is 5.56 Å². The summed E-state index contributed by atoms with van der Waals surface area (Å²) in [7, 11) is 0. The third-order valence-electron chi connectivity index (χ3n) is 2.63. The van der Waals surface area contributed by atoms with Crippen LogP contribution in [0.5, 0.6) is 0 Å². The minimum Gasteiger partial charge on any atom is -0.326 e. The third-order valence-corrected chi connectivity index (χ3v) is 2.63. The van der Waals surface area contributed by atoms with Crippen LogP contribution >= 0.6 is 0 Å². The smallest absolute Gasteiger partial charge is 0.255 e. The summed E-state index contributed by atoms with van der Waals surface area (Å²) >= 11 is 0. The van der Waals surface area contributed by atoms with E-state index in [1.165, 1.54) is 0 Å². The van der Waals surface area contributed by atoms with Gasteiger partial charge in [-0.3, -0.25) is 4.79 Å². The molecule has 0 aliphatic rings. The number of rotatable bonds is 4. The first-order chi connectivity index (χ1) is 7.47. The Morgan fingerprint density at radius 3 is 2.31 bits per heavy atom. The van der Waals surface area contributed by atoms with Crippen LogP contribution in [0.4, 0.5) is 0 Å². The minimum absolute atomic E-state index is 0.0654. The van der Waals surface area contributed by atoms with E-state index in [0.29, 0.717) is 18.0 Å². The number of hydrogen-bond donors (Lipinski definition) is 1. The van der Waals surface area contributed by atoms with Crippen LogP contribution in [0.3, 0.4) is 0 Å². The molecule has 0 saturated carbocycles. The molecule has 0 saturated heterocycles. The molecule has 0 aliphatic heterocycles. The van der Waals surface area contributed by atoms with Gasteiger partial charge in [0.1, 0.15) is 0 Å². The van der Waals surface area contributed by atoms with Crippen molar-refractivity contribution in [2.75, 3.05) is 0 Å². The van der Waals surface area contributed by atoms with Crippen molar-refractivity contribution in [2.24, 2.45) is 11.7 Å². The number of pyridine rings is 1. The second-order valence-corrected chi connectivity index (χ2v) is 4.92. The molecule has 0 atom stereocenters. The average Bonchev–Trinajstić information content (AvgIpc) is 2.16. The Morgan fingerprint density at radius 2 is 1.88 bits per heavy atom. The Kier molecular flexibility index (Phi) is 4.30. The molecule has 2 N–H and O–H groups in total. The fraction of sp³-hybridized carbons (Fsp3) is 0.615. The van der Waals surface area contributed by atoms with E-state index in [1.807, 2.05) is 30.5 Å². The van der Waals surface area contributed by atoms with Gasteiger partial charge < -0.3 is 10.3 Å². The van der Waals surface area contributed by atoms with Crippen molar-refractivity contribution < 1.29 is 0 Å². The van der Waals surface area contributed by atoms with Gasteiger partial charge in [-0.15, -0.1) is 0 Å². The van der Waals surface area contributed by atoms with Crippen LogP contribution < -0.4 is 11.3 Å². The summed E-state index contributed by atoms with van der Waals surface area (Å²) in [4.78, 5) is 12.1. The first-order valence-electron chi connectivity index (χ1n) is 5.90. The van der Waals surface area contributed by atoms with Crippen LogP contribution in [0.1, 0.15) is 45.0 Å². The van der Waals surface area contributed by atoms with E-state index in [2.05, 4.69) is 13.8 Å². The predicted molar refractivity (Wildman–Crippen MR) is 67.5 cm³/mol. The van der Waals surface area contributed by atoms with E-state index in [9.17, 15) is 4.79 Å². The van der Waals surface area contributed by atoms with Gasteiger partial charge in [-0.05, 0) is 32.3 Å². The van der Waals surface area contributed by atoms with Crippen LogP contribution in [0.15, 0.2) is 16.9 Å². The van der Waals surface area contributed by atoms with E-state index in [0.717, 1.165) is 12.1 Å². The van der Waals surface area contributed by atoms with Crippen molar-refractivity contribution >= 4 is 0 Å². The Bertz CT molecular complexity index is 405. The lowest BCUT2D eigenvalue weighted by Crippen LogP contribution is -2.29. The quantitative estimate of drug-likeness (QED) is 0.848. The van der Waals surface area contributed by atoms with Crippen molar-refractivity contribution in [3.05, 3.63) is 33.7 Å². The van der Waals surface area contributed by atoms with Gasteiger partial charge in [0.15, 0.2) is 0 Å². The Hall–Kier alpha value is -1.09. The zero-order valence-corrected chi connectivity index (χ0v) is 10.7. The first kappa shape index (κ1) is 13.0. The molecule has 0 spiro atoms. The number of hydrogen-bond acceptors (Lipinski definition) is 2. The van der Waals surface area contributed by atoms with Crippen molar-refractivity contribution in [3.63, 3.8) is 0 Å². The van der Waals surface area contributed by atoms with Gasteiger partial charge in [0.2, 0.25) is 0 Å². The van der Waals surface area contributed by atoms with Crippen molar-refractivity contribution in [3.8, 4) is 0 Å². The molecule has 0 bridgehead atoms. The van der Waals surface area contributed by atoms with Crippen LogP contribution in [-0.4, -0.2) is 4.57 Å². The second-order valence-electron chi connectivity index (χ2n) is 4.92. The maximum Gasteiger partial charge on any atom is 0.255 e. The standard InChI is InChI=1S/C13H22N2O/c1-9(2)7-12-6-5-11(8-14)13(16)15(12)10(3)4/h5-6,9-10H,7-8,14H2,1-4H3. The third kappa shape index (κ3) is 2.73. The van der Waals surface area contributed by atoms with Gasteiger partial charge in [-0.2, -0.15) is 0 Å². The molecule has 1 aromatic rings. The molecule has 0 fully saturated rings. The topological polar surface area (TPSA) is 48.0 Å². The number of aromatic nitrogens is 1. The van der Waals surface area contributed by atoms with Gasteiger partial charge in [-0.1, -0.05) is 19.9 Å². The maximum atomic E-state index is 12.1. The van der Waals surface area contributed by atoms with E-state index in [1.54, 1.807) is 0 Å². The maximum absolute atomic E-state index is 12.1. The molecule has 0 unspecified atom stereocenters. The van der Waals surface area contributed by atoms with Gasteiger partial charge >= 0.3 is 0 Å². The highest BCUT2D eigenvalue weighted by Crippen LogP contribution is 2.12. The minimum atomic E-state index is 0.0654. The highest BCUT2D eigenvalue weighted by molar-refractivity contribution is 5.17. The Balaban J connectivity index is 3.29. The summed E-state index contributed by atoms with van der Waals surface area (Å²) in [5.41, 5.74) is 7.42. The van der Waals surface area contributed by atoms with Gasteiger partial charge in [0, 0.05) is 23.8 Å². The summed E-state index contributed by atoms with van der Waals surface area (Å²) < 4.78 is 1.86. The van der Waals surface area contributed by atoms with Crippen LogP contribution in [0.2, 0.25) is 0 Å². The Morgan fingerprint density at radius 1 is 1.25 bits per heavy atom. The molecule has 1 rings (SSSR count). The van der Waals surface area contributed by atoms with Gasteiger partial charge in [0.05, 0.1) is 0 Å². The van der Waals surface area contributed by atoms with E-state index in [4.69, 9.17) is 5.73 Å². The molecule has 0 amide bonds. The molecule has 3 nitrogen and oxygen atoms in total. The zero-order valence-electron chi connectivity index (χ0n) is 10.7. The van der Waals surface area contributed by atoms with Crippen molar-refractivity contribution in [1.82, 2.24) is 4.57 Å². The van der Waals surface area contributed by atoms with E-state index < -0.39 is 0 Å². The lowest BCUT2D eigenvalue weighted by atomic mass is 10.1. The zero-order chi connectivity index (χ0) is 12.3. The molecule has 0 radical (unpaired) electrons. The molecule has 1 heterocycles. The molecule has 3 heteroatoms. The molecule has 0 aromatic carbocycles. The summed E-state index contributed by atoms with van der Waals surface area (Å²) in [6, 6.07) is 4.08. The SMILES string of the molecule is CC(C)Cc1ccc(CN)c(=O)n1C(C)C. The largest absolute Gasteiger partial charge is 0.326 e. The number of nitrogens with two attached hydrogens (primary N) is 1. The normalized spacial score (nSPS) is 11.4. The van der Waals surface area contributed by atoms with Gasteiger partial charge in [-0.25, -0.2) is 0 Å². The van der Waals surface area contributed by atoms with Crippen LogP contribution in [0, 0.1) is 5.92 Å². The van der Waals surface area contributed by atoms with Crippen molar-refractivity contribution in [2.45, 2.75) is 46.7 Å². The highest BCUT2D eigenvalue weighted by Gasteiger charge is 2.11. The second kappa shape index (κ2) is 5.30. The van der Waals surface area contributed by atoms with E-state index in [-0.39, 0.29) is 11.6 Å². The van der Waals surface area contributed by atoms with E-state index >= 15 is 0 Å². The first-order valence-corrected chi connectivity index (χ1v) is 5.90. The summed E-state index contributed by atoms with van der Waals surface area (Å²) in [6.07, 6.45) is 0.929. The fourth-order valence-electron chi connectivity index (χ4n) is 1.94. The lowest BCUT2D eigenvalue weighted by Gasteiger charge is -2.18. The number of nitrogens with zero attached hydrogens (tertiary/aromatic N) is 1. The molecule has 90 valence electrons. The summed E-state index contributed by atoms with van der Waals surface area (Å²) in [6.45, 7) is 8.70. The molecular weight excluding hydrogens is 200 g/mol. The molecular formula is C13H22N2O. The lowest BCUT2D eigenvalue weighted by molar-refractivity contribution is 0.516. The monoisotopic (exact) mass is 222 g/mol. The van der Waals surface area contributed by atoms with Crippen LogP contribution in [-0.2, 0) is 13.0 Å². The molecule has 0 aliphatic carbocycles. The molecule has 16 heavy (non-hydrogen) atoms. The predicted octanol–water partition coefficient (Wildman–Crippen LogP) is 2.09. The summed E-state index contributed by atoms with van der Waals surface area (Å²) in [5, 5.41) is 0.